The third-order valence-corrected chi connectivity index (χ3v) is 7.92. The molecule has 1 aliphatic rings. The summed E-state index contributed by atoms with van der Waals surface area (Å²) in [6.45, 7) is 2.75. The molecule has 0 radical (unpaired) electrons. The first-order chi connectivity index (χ1) is 17.7. The molecule has 0 bridgehead atoms. The lowest BCUT2D eigenvalue weighted by Gasteiger charge is -2.35. The molecular weight excluding hydrogens is 497 g/mol. The molecule has 1 aliphatic carbocycles. The molecule has 0 saturated heterocycles. The molecule has 4 nitrogen and oxygen atoms in total. The lowest BCUT2D eigenvalue weighted by atomic mass is 9.93. The summed E-state index contributed by atoms with van der Waals surface area (Å²) in [5, 5.41) is 2.00. The molecule has 3 aromatic rings. The Kier molecular flexibility index (Phi) is 8.69. The number of aryl methyl sites for hydroxylation is 1. The number of thiophene rings is 1. The van der Waals surface area contributed by atoms with Crippen molar-refractivity contribution in [3.05, 3.63) is 93.2 Å². The fraction of sp³-hybridized carbons (Fsp3) is 0.379. The lowest BCUT2D eigenvalue weighted by Crippen LogP contribution is -2.48. The highest BCUT2D eigenvalue weighted by Crippen LogP contribution is 2.30. The molecule has 8 heteroatoms. The van der Waals surface area contributed by atoms with Gasteiger partial charge in [-0.2, -0.15) is 13.2 Å². The van der Waals surface area contributed by atoms with Gasteiger partial charge in [0.1, 0.15) is 6.54 Å². The van der Waals surface area contributed by atoms with Crippen LogP contribution in [0.5, 0.6) is 0 Å². The van der Waals surface area contributed by atoms with Gasteiger partial charge in [0, 0.05) is 23.0 Å². The van der Waals surface area contributed by atoms with Gasteiger partial charge in [-0.15, -0.1) is 11.3 Å². The van der Waals surface area contributed by atoms with Gasteiger partial charge in [-0.1, -0.05) is 49.6 Å². The summed E-state index contributed by atoms with van der Waals surface area (Å²) in [5.41, 5.74) is 1.46. The minimum atomic E-state index is -4.47. The van der Waals surface area contributed by atoms with Crippen LogP contribution in [0.1, 0.15) is 64.0 Å². The molecule has 196 valence electrons. The fourth-order valence-electron chi connectivity index (χ4n) is 4.75. The van der Waals surface area contributed by atoms with Crippen LogP contribution >= 0.6 is 11.3 Å². The summed E-state index contributed by atoms with van der Waals surface area (Å²) < 4.78 is 39.1. The van der Waals surface area contributed by atoms with Gasteiger partial charge in [0.15, 0.2) is 0 Å². The molecule has 0 atom stereocenters. The van der Waals surface area contributed by atoms with Crippen LogP contribution in [0, 0.1) is 6.92 Å². The van der Waals surface area contributed by atoms with Crippen LogP contribution in [0.2, 0.25) is 0 Å². The number of carbonyl (C=O) groups is 2. The summed E-state index contributed by atoms with van der Waals surface area (Å²) in [5.74, 6) is -0.580. The molecule has 0 aliphatic heterocycles. The van der Waals surface area contributed by atoms with E-state index in [1.165, 1.54) is 12.1 Å². The maximum Gasteiger partial charge on any atom is 0.416 e. The molecule has 2 amide bonds. The van der Waals surface area contributed by atoms with Crippen LogP contribution in [-0.4, -0.2) is 34.2 Å². The van der Waals surface area contributed by atoms with Crippen molar-refractivity contribution < 1.29 is 22.8 Å². The van der Waals surface area contributed by atoms with Crippen molar-refractivity contribution >= 4 is 23.2 Å². The van der Waals surface area contributed by atoms with E-state index in [4.69, 9.17) is 0 Å². The van der Waals surface area contributed by atoms with Crippen LogP contribution in [0.4, 0.5) is 13.2 Å². The van der Waals surface area contributed by atoms with Crippen LogP contribution < -0.4 is 0 Å². The monoisotopic (exact) mass is 528 g/mol. The average molecular weight is 529 g/mol. The maximum atomic E-state index is 13.7. The molecule has 4 rings (SSSR count). The van der Waals surface area contributed by atoms with Gasteiger partial charge in [-0.25, -0.2) is 0 Å². The number of carbonyl (C=O) groups excluding carboxylic acids is 2. The highest BCUT2D eigenvalue weighted by molar-refractivity contribution is 7.10. The average Bonchev–Trinajstić information content (AvgIpc) is 3.31. The Morgan fingerprint density at radius 3 is 2.19 bits per heavy atom. The predicted octanol–water partition coefficient (Wildman–Crippen LogP) is 7.08. The highest BCUT2D eigenvalue weighted by Gasteiger charge is 2.32. The third-order valence-electron chi connectivity index (χ3n) is 6.91. The first-order valence-corrected chi connectivity index (χ1v) is 13.4. The van der Waals surface area contributed by atoms with Gasteiger partial charge in [-0.3, -0.25) is 9.59 Å². The number of halogens is 3. The molecule has 1 fully saturated rings. The topological polar surface area (TPSA) is 40.6 Å². The molecular formula is C29H31F3N2O2S. The van der Waals surface area contributed by atoms with Crippen molar-refractivity contribution in [2.75, 3.05) is 6.54 Å². The molecule has 37 heavy (non-hydrogen) atoms. The molecule has 2 aromatic carbocycles. The van der Waals surface area contributed by atoms with E-state index in [0.29, 0.717) is 13.1 Å². The summed E-state index contributed by atoms with van der Waals surface area (Å²) in [7, 11) is 0. The van der Waals surface area contributed by atoms with E-state index in [1.807, 2.05) is 48.7 Å². The summed E-state index contributed by atoms with van der Waals surface area (Å²) >= 11 is 1.59. The second-order valence-corrected chi connectivity index (χ2v) is 10.6. The lowest BCUT2D eigenvalue weighted by molar-refractivity contribution is -0.137. The van der Waals surface area contributed by atoms with Crippen LogP contribution in [0.15, 0.2) is 66.0 Å². The molecule has 1 heterocycles. The number of hydrogen-bond donors (Lipinski definition) is 0. The summed E-state index contributed by atoms with van der Waals surface area (Å²) in [6.07, 6.45) is 0.0727. The van der Waals surface area contributed by atoms with Crippen LogP contribution in [0.25, 0.3) is 0 Å². The number of amides is 2. The Morgan fingerprint density at radius 2 is 1.59 bits per heavy atom. The first-order valence-electron chi connectivity index (χ1n) is 12.6. The van der Waals surface area contributed by atoms with Crippen molar-refractivity contribution in [3.8, 4) is 0 Å². The SMILES string of the molecule is Cc1ccsc1CN(Cc1ccccc1)C(=O)CN(C(=O)c1ccc(C(F)(F)F)cc1)C1CCCCC1. The highest BCUT2D eigenvalue weighted by atomic mass is 32.1. The normalized spacial score (nSPS) is 14.4. The van der Waals surface area contributed by atoms with E-state index in [0.717, 1.165) is 60.2 Å². The summed E-state index contributed by atoms with van der Waals surface area (Å²) in [4.78, 5) is 31.8. The minimum Gasteiger partial charge on any atom is -0.332 e. The largest absolute Gasteiger partial charge is 0.416 e. The van der Waals surface area contributed by atoms with Crippen molar-refractivity contribution in [2.24, 2.45) is 0 Å². The molecule has 0 N–H and O–H groups in total. The fourth-order valence-corrected chi connectivity index (χ4v) is 5.67. The van der Waals surface area contributed by atoms with Gasteiger partial charge in [0.25, 0.3) is 5.91 Å². The number of nitrogens with zero attached hydrogens (tertiary/aromatic N) is 2. The Hall–Kier alpha value is -3.13. The van der Waals surface area contributed by atoms with Gasteiger partial charge in [0.2, 0.25) is 5.91 Å². The van der Waals surface area contributed by atoms with E-state index >= 15 is 0 Å². The van der Waals surface area contributed by atoms with Crippen molar-refractivity contribution in [3.63, 3.8) is 0 Å². The van der Waals surface area contributed by atoms with E-state index in [9.17, 15) is 22.8 Å². The molecule has 1 aromatic heterocycles. The first kappa shape index (κ1) is 26.9. The van der Waals surface area contributed by atoms with Gasteiger partial charge >= 0.3 is 6.18 Å². The Morgan fingerprint density at radius 1 is 0.919 bits per heavy atom. The van der Waals surface area contributed by atoms with E-state index in [-0.39, 0.29) is 24.1 Å². The zero-order valence-electron chi connectivity index (χ0n) is 20.8. The Balaban J connectivity index is 1.59. The van der Waals surface area contributed by atoms with Gasteiger partial charge < -0.3 is 9.80 Å². The second kappa shape index (κ2) is 11.9. The third kappa shape index (κ3) is 7.01. The number of hydrogen-bond acceptors (Lipinski definition) is 3. The predicted molar refractivity (Wildman–Crippen MR) is 139 cm³/mol. The standard InChI is InChI=1S/C29H31F3N2O2S/c1-21-16-17-37-26(21)19-33(18-22-8-4-2-5-9-22)27(35)20-34(25-10-6-3-7-11-25)28(36)23-12-14-24(15-13-23)29(30,31)32/h2,4-5,8-9,12-17,25H,3,6-7,10-11,18-20H2,1H3. The molecule has 0 spiro atoms. The van der Waals surface area contributed by atoms with Crippen LogP contribution in [0.3, 0.4) is 0 Å². The number of rotatable bonds is 8. The number of alkyl halides is 3. The second-order valence-electron chi connectivity index (χ2n) is 9.56. The van der Waals surface area contributed by atoms with E-state index in [2.05, 4.69) is 0 Å². The van der Waals surface area contributed by atoms with Crippen molar-refractivity contribution in [1.29, 1.82) is 0 Å². The minimum absolute atomic E-state index is 0.109. The molecule has 1 saturated carbocycles. The maximum absolute atomic E-state index is 13.7. The molecule has 0 unspecified atom stereocenters. The summed E-state index contributed by atoms with van der Waals surface area (Å²) in [6, 6.07) is 15.9. The zero-order valence-corrected chi connectivity index (χ0v) is 21.7. The number of benzene rings is 2. The Bertz CT molecular complexity index is 1190. The van der Waals surface area contributed by atoms with Crippen LogP contribution in [-0.2, 0) is 24.1 Å². The van der Waals surface area contributed by atoms with Crippen molar-refractivity contribution in [1.82, 2.24) is 9.80 Å². The zero-order chi connectivity index (χ0) is 26.4. The van der Waals surface area contributed by atoms with Crippen molar-refractivity contribution in [2.45, 2.75) is 64.3 Å². The smallest absolute Gasteiger partial charge is 0.332 e. The van der Waals surface area contributed by atoms with Gasteiger partial charge in [0.05, 0.1) is 12.1 Å². The van der Waals surface area contributed by atoms with E-state index in [1.54, 1.807) is 21.1 Å². The van der Waals surface area contributed by atoms with E-state index < -0.39 is 17.6 Å². The van der Waals surface area contributed by atoms with Gasteiger partial charge in [-0.05, 0) is 66.6 Å². The quantitative estimate of drug-likeness (QED) is 0.314. The Labute approximate surface area is 219 Å².